The smallest absolute Gasteiger partial charge is 0.170 e. The number of fused-ring (bicyclic) bond motifs is 1. The molecule has 0 atom stereocenters. The van der Waals surface area contributed by atoms with E-state index in [1.807, 2.05) is 24.4 Å². The highest BCUT2D eigenvalue weighted by Gasteiger charge is 2.06. The van der Waals surface area contributed by atoms with Gasteiger partial charge in [-0.25, -0.2) is 4.98 Å². The van der Waals surface area contributed by atoms with Crippen LogP contribution in [-0.4, -0.2) is 15.0 Å². The van der Waals surface area contributed by atoms with E-state index in [-0.39, 0.29) is 0 Å². The van der Waals surface area contributed by atoms with Crippen LogP contribution in [0.1, 0.15) is 0 Å². The van der Waals surface area contributed by atoms with Gasteiger partial charge in [-0.05, 0) is 18.2 Å². The average Bonchev–Trinajstić information content (AvgIpc) is 2.86. The van der Waals surface area contributed by atoms with Gasteiger partial charge in [0.15, 0.2) is 5.16 Å². The number of hydrogen-bond donors (Lipinski definition) is 2. The molecule has 0 aliphatic heterocycles. The lowest BCUT2D eigenvalue weighted by Crippen LogP contribution is -1.89. The third-order valence-electron chi connectivity index (χ3n) is 2.49. The van der Waals surface area contributed by atoms with Gasteiger partial charge in [-0.3, -0.25) is 4.98 Å². The molecule has 0 aliphatic rings. The summed E-state index contributed by atoms with van der Waals surface area (Å²) in [6, 6.07) is 5.83. The number of pyridine rings is 1. The van der Waals surface area contributed by atoms with E-state index in [9.17, 15) is 0 Å². The van der Waals surface area contributed by atoms with Crippen LogP contribution >= 0.6 is 11.8 Å². The van der Waals surface area contributed by atoms with E-state index in [0.29, 0.717) is 0 Å². The average molecular weight is 242 g/mol. The monoisotopic (exact) mass is 242 g/mol. The summed E-state index contributed by atoms with van der Waals surface area (Å²) in [6.07, 6.45) is 7.12. The maximum Gasteiger partial charge on any atom is 0.170 e. The minimum absolute atomic E-state index is 0.770. The molecule has 17 heavy (non-hydrogen) atoms. The Kier molecular flexibility index (Phi) is 2.45. The molecule has 0 aliphatic carbocycles. The maximum atomic E-state index is 5.94. The molecule has 84 valence electrons. The zero-order valence-corrected chi connectivity index (χ0v) is 9.74. The van der Waals surface area contributed by atoms with Gasteiger partial charge in [-0.15, -0.1) is 0 Å². The molecule has 2 heterocycles. The molecule has 5 heteroatoms. The van der Waals surface area contributed by atoms with Crippen molar-refractivity contribution in [1.29, 1.82) is 0 Å². The molecule has 0 unspecified atom stereocenters. The molecule has 0 spiro atoms. The van der Waals surface area contributed by atoms with Crippen molar-refractivity contribution in [3.8, 4) is 0 Å². The van der Waals surface area contributed by atoms with E-state index >= 15 is 0 Å². The zero-order chi connectivity index (χ0) is 11.7. The molecule has 3 aromatic rings. The quantitative estimate of drug-likeness (QED) is 0.678. The Hall–Kier alpha value is -2.01. The van der Waals surface area contributed by atoms with Crippen LogP contribution < -0.4 is 5.73 Å². The first kappa shape index (κ1) is 10.2. The number of nitrogens with zero attached hydrogens (tertiary/aromatic N) is 2. The Labute approximate surface area is 102 Å². The van der Waals surface area contributed by atoms with Crippen molar-refractivity contribution >= 4 is 28.2 Å². The van der Waals surface area contributed by atoms with Gasteiger partial charge >= 0.3 is 0 Å². The fourth-order valence-electron chi connectivity index (χ4n) is 1.69. The topological polar surface area (TPSA) is 67.6 Å². The second kappa shape index (κ2) is 4.10. The van der Waals surface area contributed by atoms with E-state index in [0.717, 1.165) is 26.5 Å². The molecule has 0 amide bonds. The van der Waals surface area contributed by atoms with Crippen molar-refractivity contribution in [3.63, 3.8) is 0 Å². The normalized spacial score (nSPS) is 10.8. The molecular formula is C12H10N4S. The number of nitrogen functional groups attached to an aromatic ring is 1. The van der Waals surface area contributed by atoms with E-state index in [1.165, 1.54) is 0 Å². The van der Waals surface area contributed by atoms with Crippen LogP contribution in [0, 0.1) is 0 Å². The lowest BCUT2D eigenvalue weighted by atomic mass is 10.1. The fourth-order valence-corrected chi connectivity index (χ4v) is 2.54. The lowest BCUT2D eigenvalue weighted by molar-refractivity contribution is 1.06. The van der Waals surface area contributed by atoms with Crippen molar-refractivity contribution < 1.29 is 0 Å². The van der Waals surface area contributed by atoms with Crippen LogP contribution in [0.5, 0.6) is 0 Å². The summed E-state index contributed by atoms with van der Waals surface area (Å²) in [5.41, 5.74) is 6.71. The first-order valence-electron chi connectivity index (χ1n) is 5.14. The van der Waals surface area contributed by atoms with Gasteiger partial charge in [0, 0.05) is 46.1 Å². The molecule has 2 aromatic heterocycles. The summed E-state index contributed by atoms with van der Waals surface area (Å²) in [6.45, 7) is 0. The largest absolute Gasteiger partial charge is 0.398 e. The number of rotatable bonds is 2. The Morgan fingerprint density at radius 2 is 2.06 bits per heavy atom. The summed E-state index contributed by atoms with van der Waals surface area (Å²) in [5, 5.41) is 2.94. The van der Waals surface area contributed by atoms with Gasteiger partial charge in [0.1, 0.15) is 0 Å². The van der Waals surface area contributed by atoms with E-state index < -0.39 is 0 Å². The number of imidazole rings is 1. The molecule has 4 nitrogen and oxygen atoms in total. The maximum absolute atomic E-state index is 5.94. The Morgan fingerprint density at radius 1 is 1.12 bits per heavy atom. The number of nitrogens with two attached hydrogens (primary N) is 1. The number of H-pyrrole nitrogens is 1. The standard InChI is InChI=1S/C12H10N4S/c13-10-1-2-11(17-12-15-5-6-16-12)9-7-14-4-3-8(9)10/h1-7H,13H2,(H,15,16). The Balaban J connectivity index is 2.14. The number of hydrogen-bond acceptors (Lipinski definition) is 4. The summed E-state index contributed by atoms with van der Waals surface area (Å²) in [5.74, 6) is 0. The van der Waals surface area contributed by atoms with Crippen molar-refractivity contribution in [1.82, 2.24) is 15.0 Å². The molecular weight excluding hydrogens is 232 g/mol. The molecule has 3 N–H and O–H groups in total. The van der Waals surface area contributed by atoms with Crippen molar-refractivity contribution in [3.05, 3.63) is 43.0 Å². The molecule has 0 radical (unpaired) electrons. The van der Waals surface area contributed by atoms with E-state index in [2.05, 4.69) is 15.0 Å². The second-order valence-corrected chi connectivity index (χ2v) is 4.60. The number of nitrogens with one attached hydrogen (secondary N) is 1. The Morgan fingerprint density at radius 3 is 2.88 bits per heavy atom. The highest BCUT2D eigenvalue weighted by atomic mass is 32.2. The highest BCUT2D eigenvalue weighted by Crippen LogP contribution is 2.33. The second-order valence-electron chi connectivity index (χ2n) is 3.57. The van der Waals surface area contributed by atoms with Gasteiger partial charge in [0.2, 0.25) is 0 Å². The molecule has 0 bridgehead atoms. The SMILES string of the molecule is Nc1ccc(Sc2ncc[nH]2)c2cnccc12. The summed E-state index contributed by atoms with van der Waals surface area (Å²) >= 11 is 1.57. The van der Waals surface area contributed by atoms with E-state index in [4.69, 9.17) is 5.73 Å². The van der Waals surface area contributed by atoms with Crippen molar-refractivity contribution in [2.24, 2.45) is 0 Å². The van der Waals surface area contributed by atoms with Gasteiger partial charge in [-0.1, -0.05) is 11.8 Å². The minimum Gasteiger partial charge on any atom is -0.398 e. The summed E-state index contributed by atoms with van der Waals surface area (Å²) < 4.78 is 0. The van der Waals surface area contributed by atoms with Crippen LogP contribution in [0.25, 0.3) is 10.8 Å². The van der Waals surface area contributed by atoms with Crippen LogP contribution in [0.3, 0.4) is 0 Å². The van der Waals surface area contributed by atoms with E-state index in [1.54, 1.807) is 30.4 Å². The van der Waals surface area contributed by atoms with Crippen molar-refractivity contribution in [2.75, 3.05) is 5.73 Å². The molecule has 0 saturated heterocycles. The Bertz CT molecular complexity index is 649. The van der Waals surface area contributed by atoms with Gasteiger partial charge < -0.3 is 10.7 Å². The van der Waals surface area contributed by atoms with Gasteiger partial charge in [-0.2, -0.15) is 0 Å². The molecule has 1 aromatic carbocycles. The number of anilines is 1. The number of aromatic amines is 1. The first-order chi connectivity index (χ1) is 8.34. The summed E-state index contributed by atoms with van der Waals surface area (Å²) in [7, 11) is 0. The van der Waals surface area contributed by atoms with Gasteiger partial charge in [0.05, 0.1) is 0 Å². The first-order valence-corrected chi connectivity index (χ1v) is 5.95. The van der Waals surface area contributed by atoms with Crippen molar-refractivity contribution in [2.45, 2.75) is 10.1 Å². The van der Waals surface area contributed by atoms with Crippen LogP contribution in [0.2, 0.25) is 0 Å². The molecule has 0 saturated carbocycles. The predicted molar refractivity (Wildman–Crippen MR) is 68.9 cm³/mol. The number of aromatic nitrogens is 3. The molecule has 0 fully saturated rings. The fraction of sp³-hybridized carbons (Fsp3) is 0. The zero-order valence-electron chi connectivity index (χ0n) is 8.92. The predicted octanol–water partition coefficient (Wildman–Crippen LogP) is 2.69. The highest BCUT2D eigenvalue weighted by molar-refractivity contribution is 7.99. The van der Waals surface area contributed by atoms with Crippen LogP contribution in [0.4, 0.5) is 5.69 Å². The number of benzene rings is 1. The third kappa shape index (κ3) is 1.85. The summed E-state index contributed by atoms with van der Waals surface area (Å²) in [4.78, 5) is 12.5. The minimum atomic E-state index is 0.770. The lowest BCUT2D eigenvalue weighted by Gasteiger charge is -2.06. The van der Waals surface area contributed by atoms with Crippen LogP contribution in [-0.2, 0) is 0 Å². The van der Waals surface area contributed by atoms with Crippen LogP contribution in [0.15, 0.2) is 53.0 Å². The third-order valence-corrected chi connectivity index (χ3v) is 3.48. The van der Waals surface area contributed by atoms with Gasteiger partial charge in [0.25, 0.3) is 0 Å². The molecule has 3 rings (SSSR count).